The average Bonchev–Trinajstić information content (AvgIpc) is 3.23. The van der Waals surface area contributed by atoms with Gasteiger partial charge in [-0.3, -0.25) is 4.40 Å². The number of esters is 1. The molecule has 174 valence electrons. The van der Waals surface area contributed by atoms with Gasteiger partial charge in [-0.15, -0.1) is 0 Å². The Kier molecular flexibility index (Phi) is 6.16. The number of ether oxygens (including phenoxy) is 2. The van der Waals surface area contributed by atoms with Crippen LogP contribution in [-0.2, 0) is 0 Å². The second-order valence-corrected chi connectivity index (χ2v) is 8.45. The molecule has 6 nitrogen and oxygen atoms in total. The van der Waals surface area contributed by atoms with Crippen LogP contribution in [0.15, 0.2) is 66.9 Å². The van der Waals surface area contributed by atoms with Crippen LogP contribution in [-0.4, -0.2) is 28.5 Å². The van der Waals surface area contributed by atoms with Gasteiger partial charge in [-0.25, -0.2) is 14.2 Å². The lowest BCUT2D eigenvalue weighted by atomic mass is 9.95. The van der Waals surface area contributed by atoms with Gasteiger partial charge in [0, 0.05) is 17.8 Å². The lowest BCUT2D eigenvalue weighted by Crippen LogP contribution is -2.23. The Labute approximate surface area is 197 Å². The zero-order chi connectivity index (χ0) is 23.5. The van der Waals surface area contributed by atoms with E-state index in [1.54, 1.807) is 18.2 Å². The van der Waals surface area contributed by atoms with Crippen LogP contribution in [0.1, 0.15) is 42.5 Å². The van der Waals surface area contributed by atoms with E-state index in [-0.39, 0.29) is 11.3 Å². The number of carbonyl (C=O) groups excluding carboxylic acids is 1. The van der Waals surface area contributed by atoms with E-state index in [2.05, 4.69) is 9.72 Å². The Hall–Kier alpha value is -3.87. The number of imidazole rings is 1. The fourth-order valence-corrected chi connectivity index (χ4v) is 4.46. The number of halogens is 1. The van der Waals surface area contributed by atoms with E-state index in [9.17, 15) is 9.18 Å². The summed E-state index contributed by atoms with van der Waals surface area (Å²) in [6, 6.07) is 17.3. The molecule has 0 bridgehead atoms. The molecule has 4 aromatic rings. The van der Waals surface area contributed by atoms with Crippen LogP contribution in [0.4, 0.5) is 10.2 Å². The number of aromatic nitrogens is 2. The van der Waals surface area contributed by atoms with Crippen molar-refractivity contribution < 1.29 is 18.7 Å². The van der Waals surface area contributed by atoms with Crippen molar-refractivity contribution in [2.45, 2.75) is 38.1 Å². The lowest BCUT2D eigenvalue weighted by Gasteiger charge is -2.24. The van der Waals surface area contributed by atoms with Crippen LogP contribution in [0.5, 0.6) is 11.5 Å². The first-order chi connectivity index (χ1) is 16.6. The fourth-order valence-electron chi connectivity index (χ4n) is 4.46. The molecule has 0 amide bonds. The van der Waals surface area contributed by atoms with Crippen molar-refractivity contribution in [1.82, 2.24) is 9.38 Å². The second-order valence-electron chi connectivity index (χ2n) is 8.45. The Morgan fingerprint density at radius 3 is 2.62 bits per heavy atom. The van der Waals surface area contributed by atoms with Crippen molar-refractivity contribution in [1.29, 1.82) is 0 Å². The van der Waals surface area contributed by atoms with E-state index in [4.69, 9.17) is 14.5 Å². The summed E-state index contributed by atoms with van der Waals surface area (Å²) in [4.78, 5) is 17.4. The molecule has 2 aromatic heterocycles. The van der Waals surface area contributed by atoms with Gasteiger partial charge in [-0.2, -0.15) is 0 Å². The van der Waals surface area contributed by atoms with Crippen molar-refractivity contribution in [3.8, 4) is 22.8 Å². The highest BCUT2D eigenvalue weighted by atomic mass is 19.1. The summed E-state index contributed by atoms with van der Waals surface area (Å²) in [6.45, 7) is 0. The van der Waals surface area contributed by atoms with Gasteiger partial charge in [0.15, 0.2) is 11.5 Å². The molecule has 1 aliphatic carbocycles. The van der Waals surface area contributed by atoms with Gasteiger partial charge < -0.3 is 14.8 Å². The number of nitrogens with zero attached hydrogens (tertiary/aromatic N) is 2. The Morgan fingerprint density at radius 2 is 1.82 bits per heavy atom. The van der Waals surface area contributed by atoms with Crippen molar-refractivity contribution in [2.75, 3.05) is 12.4 Å². The number of hydrogen-bond acceptors (Lipinski definition) is 5. The molecule has 34 heavy (non-hydrogen) atoms. The number of carbonyl (C=O) groups is 1. The number of hydrogen-bond donors (Lipinski definition) is 1. The quantitative estimate of drug-likeness (QED) is 0.278. The molecule has 0 unspecified atom stereocenters. The second kappa shape index (κ2) is 9.55. The van der Waals surface area contributed by atoms with Crippen LogP contribution in [0.3, 0.4) is 0 Å². The normalized spacial score (nSPS) is 14.2. The molecule has 2 aromatic carbocycles. The van der Waals surface area contributed by atoms with Gasteiger partial charge in [0.1, 0.15) is 23.0 Å². The van der Waals surface area contributed by atoms with Crippen molar-refractivity contribution >= 4 is 17.4 Å². The van der Waals surface area contributed by atoms with Crippen LogP contribution in [0, 0.1) is 5.82 Å². The summed E-state index contributed by atoms with van der Waals surface area (Å²) >= 11 is 0. The minimum Gasteiger partial charge on any atom is -0.493 e. The number of methoxy groups -OCH3 is 1. The molecular formula is C27H26FN3O3. The smallest absolute Gasteiger partial charge is 0.346 e. The summed E-state index contributed by atoms with van der Waals surface area (Å²) in [6.07, 6.45) is 7.99. The first-order valence-electron chi connectivity index (χ1n) is 11.5. The Balaban J connectivity index is 1.49. The molecule has 1 N–H and O–H groups in total. The molecule has 1 aliphatic rings. The highest BCUT2D eigenvalue weighted by molar-refractivity contribution is 5.91. The third-order valence-electron chi connectivity index (χ3n) is 6.21. The van der Waals surface area contributed by atoms with E-state index >= 15 is 0 Å². The first kappa shape index (κ1) is 21.9. The van der Waals surface area contributed by atoms with E-state index in [1.807, 2.05) is 30.5 Å². The van der Waals surface area contributed by atoms with Crippen molar-refractivity contribution in [3.63, 3.8) is 0 Å². The van der Waals surface area contributed by atoms with Gasteiger partial charge in [0.25, 0.3) is 0 Å². The predicted octanol–water partition coefficient (Wildman–Crippen LogP) is 6.11. The summed E-state index contributed by atoms with van der Waals surface area (Å²) in [7, 11) is 1.50. The zero-order valence-electron chi connectivity index (χ0n) is 19.0. The zero-order valence-corrected chi connectivity index (χ0v) is 19.0. The molecule has 0 atom stereocenters. The Bertz CT molecular complexity index is 1330. The van der Waals surface area contributed by atoms with Gasteiger partial charge in [0.2, 0.25) is 0 Å². The largest absolute Gasteiger partial charge is 0.493 e. The highest BCUT2D eigenvalue weighted by Crippen LogP contribution is 2.37. The maximum Gasteiger partial charge on any atom is 0.346 e. The number of rotatable bonds is 6. The minimum atomic E-state index is -0.781. The van der Waals surface area contributed by atoms with Crippen LogP contribution in [0.2, 0.25) is 0 Å². The number of pyridine rings is 1. The van der Waals surface area contributed by atoms with Gasteiger partial charge in [0.05, 0.1) is 12.7 Å². The fraction of sp³-hybridized carbons (Fsp3) is 0.259. The van der Waals surface area contributed by atoms with E-state index in [0.717, 1.165) is 35.6 Å². The summed E-state index contributed by atoms with van der Waals surface area (Å²) in [5, 5.41) is 3.72. The number of fused-ring (bicyclic) bond motifs is 1. The first-order valence-corrected chi connectivity index (χ1v) is 11.5. The topological polar surface area (TPSA) is 64.9 Å². The van der Waals surface area contributed by atoms with Gasteiger partial charge in [-0.05, 0) is 55.3 Å². The maximum atomic E-state index is 14.0. The predicted molar refractivity (Wildman–Crippen MR) is 129 cm³/mol. The number of anilines is 1. The molecule has 5 rings (SSSR count). The SMILES string of the molecule is COc1cc(-c2nc3ccccn3c2NC2CCCCC2)ccc1OC(=O)c1ccccc1F. The van der Waals surface area contributed by atoms with Gasteiger partial charge >= 0.3 is 5.97 Å². The minimum absolute atomic E-state index is 0.132. The molecule has 0 spiro atoms. The van der Waals surface area contributed by atoms with Crippen molar-refractivity contribution in [2.24, 2.45) is 0 Å². The highest BCUT2D eigenvalue weighted by Gasteiger charge is 2.21. The third kappa shape index (κ3) is 4.33. The van der Waals surface area contributed by atoms with Crippen molar-refractivity contribution in [3.05, 3.63) is 78.2 Å². The summed E-state index contributed by atoms with van der Waals surface area (Å²) < 4.78 is 27.0. The van der Waals surface area contributed by atoms with Gasteiger partial charge in [-0.1, -0.05) is 37.5 Å². The monoisotopic (exact) mass is 459 g/mol. The van der Waals surface area contributed by atoms with E-state index in [0.29, 0.717) is 11.8 Å². The number of benzene rings is 2. The molecule has 0 aliphatic heterocycles. The molecular weight excluding hydrogens is 433 g/mol. The maximum absolute atomic E-state index is 14.0. The third-order valence-corrected chi connectivity index (χ3v) is 6.21. The molecule has 1 fully saturated rings. The molecule has 7 heteroatoms. The van der Waals surface area contributed by atoms with Crippen LogP contribution < -0.4 is 14.8 Å². The lowest BCUT2D eigenvalue weighted by molar-refractivity contribution is 0.0725. The van der Waals surface area contributed by atoms with E-state index < -0.39 is 11.8 Å². The number of nitrogens with one attached hydrogen (secondary N) is 1. The standard InChI is InChI=1S/C27H26FN3O3/c1-33-23-17-18(14-15-22(23)34-27(32)20-11-5-6-12-21(20)28)25-26(29-19-9-3-2-4-10-19)31-16-8-7-13-24(31)30-25/h5-8,11-17,19,29H,2-4,9-10H2,1H3. The molecule has 0 saturated heterocycles. The summed E-state index contributed by atoms with van der Waals surface area (Å²) in [5.74, 6) is 0.0938. The molecule has 1 saturated carbocycles. The van der Waals surface area contributed by atoms with Crippen LogP contribution in [0.25, 0.3) is 16.9 Å². The molecule has 0 radical (unpaired) electrons. The summed E-state index contributed by atoms with van der Waals surface area (Å²) in [5.41, 5.74) is 2.32. The van der Waals surface area contributed by atoms with Crippen LogP contribution >= 0.6 is 0 Å². The van der Waals surface area contributed by atoms with E-state index in [1.165, 1.54) is 44.6 Å². The molecule has 2 heterocycles. The average molecular weight is 460 g/mol. The Morgan fingerprint density at radius 1 is 1.03 bits per heavy atom.